The molecule has 1 unspecified atom stereocenters. The van der Waals surface area contributed by atoms with E-state index in [-0.39, 0.29) is 17.0 Å². The highest BCUT2D eigenvalue weighted by Gasteiger charge is 2.26. The standard InChI is InChI=1S/C15H24N2/c1-14(2,3)13(16-17-15(4,5)6)12-10-8-7-9-11-12/h7-11,13H,1-6H3. The van der Waals surface area contributed by atoms with Crippen molar-refractivity contribution in [1.82, 2.24) is 0 Å². The first-order valence-electron chi connectivity index (χ1n) is 6.17. The molecule has 0 fully saturated rings. The van der Waals surface area contributed by atoms with Crippen LogP contribution in [0.1, 0.15) is 53.1 Å². The predicted molar refractivity (Wildman–Crippen MR) is 73.2 cm³/mol. The molecule has 0 radical (unpaired) electrons. The molecule has 0 N–H and O–H groups in total. The zero-order chi connectivity index (χ0) is 13.1. The van der Waals surface area contributed by atoms with Gasteiger partial charge >= 0.3 is 0 Å². The molecule has 0 spiro atoms. The van der Waals surface area contributed by atoms with Crippen LogP contribution in [0.5, 0.6) is 0 Å². The fourth-order valence-corrected chi connectivity index (χ4v) is 1.61. The van der Waals surface area contributed by atoms with Crippen molar-refractivity contribution in [3.05, 3.63) is 35.9 Å². The van der Waals surface area contributed by atoms with Crippen molar-refractivity contribution in [2.75, 3.05) is 0 Å². The van der Waals surface area contributed by atoms with Crippen LogP contribution in [0.15, 0.2) is 40.6 Å². The molecule has 0 saturated heterocycles. The fourth-order valence-electron chi connectivity index (χ4n) is 1.61. The van der Waals surface area contributed by atoms with Gasteiger partial charge in [0.2, 0.25) is 0 Å². The van der Waals surface area contributed by atoms with Gasteiger partial charge in [-0.3, -0.25) is 0 Å². The summed E-state index contributed by atoms with van der Waals surface area (Å²) in [4.78, 5) is 0. The third-order valence-electron chi connectivity index (χ3n) is 2.41. The Morgan fingerprint density at radius 1 is 0.882 bits per heavy atom. The molecule has 0 heterocycles. The van der Waals surface area contributed by atoms with E-state index in [0.29, 0.717) is 0 Å². The lowest BCUT2D eigenvalue weighted by Gasteiger charge is -2.27. The Balaban J connectivity index is 3.03. The topological polar surface area (TPSA) is 24.7 Å². The van der Waals surface area contributed by atoms with Crippen molar-refractivity contribution in [2.24, 2.45) is 15.6 Å². The lowest BCUT2D eigenvalue weighted by atomic mass is 9.83. The lowest BCUT2D eigenvalue weighted by molar-refractivity contribution is 0.309. The molecule has 17 heavy (non-hydrogen) atoms. The van der Waals surface area contributed by atoms with Gasteiger partial charge in [0.25, 0.3) is 0 Å². The number of azo groups is 1. The highest BCUT2D eigenvalue weighted by molar-refractivity contribution is 5.20. The smallest absolute Gasteiger partial charge is 0.101 e. The molecule has 1 rings (SSSR count). The minimum Gasteiger partial charge on any atom is -0.188 e. The van der Waals surface area contributed by atoms with E-state index in [4.69, 9.17) is 0 Å². The summed E-state index contributed by atoms with van der Waals surface area (Å²) < 4.78 is 0. The Hall–Kier alpha value is -1.18. The van der Waals surface area contributed by atoms with Gasteiger partial charge in [-0.2, -0.15) is 10.2 Å². The van der Waals surface area contributed by atoms with Crippen LogP contribution in [0.3, 0.4) is 0 Å². The van der Waals surface area contributed by atoms with Crippen LogP contribution in [-0.4, -0.2) is 5.54 Å². The quantitative estimate of drug-likeness (QED) is 0.639. The van der Waals surface area contributed by atoms with Gasteiger partial charge in [0.1, 0.15) is 6.04 Å². The Labute approximate surface area is 105 Å². The van der Waals surface area contributed by atoms with Crippen LogP contribution in [0.2, 0.25) is 0 Å². The van der Waals surface area contributed by atoms with E-state index in [1.165, 1.54) is 5.56 Å². The summed E-state index contributed by atoms with van der Waals surface area (Å²) >= 11 is 0. The van der Waals surface area contributed by atoms with Crippen LogP contribution < -0.4 is 0 Å². The first-order valence-corrected chi connectivity index (χ1v) is 6.17. The third kappa shape index (κ3) is 4.68. The van der Waals surface area contributed by atoms with Crippen molar-refractivity contribution >= 4 is 0 Å². The molecule has 0 aliphatic heterocycles. The Kier molecular flexibility index (Phi) is 4.07. The summed E-state index contributed by atoms with van der Waals surface area (Å²) in [5.74, 6) is 0. The summed E-state index contributed by atoms with van der Waals surface area (Å²) in [7, 11) is 0. The van der Waals surface area contributed by atoms with E-state index in [1.54, 1.807) is 0 Å². The van der Waals surface area contributed by atoms with Gasteiger partial charge in [0, 0.05) is 0 Å². The molecular weight excluding hydrogens is 208 g/mol. The molecule has 0 aliphatic rings. The van der Waals surface area contributed by atoms with Crippen LogP contribution in [0, 0.1) is 5.41 Å². The molecule has 1 aromatic rings. The van der Waals surface area contributed by atoms with Crippen molar-refractivity contribution in [2.45, 2.75) is 53.1 Å². The maximum Gasteiger partial charge on any atom is 0.101 e. The van der Waals surface area contributed by atoms with Crippen LogP contribution in [0.25, 0.3) is 0 Å². The third-order valence-corrected chi connectivity index (χ3v) is 2.41. The molecule has 1 aromatic carbocycles. The summed E-state index contributed by atoms with van der Waals surface area (Å²) in [5.41, 5.74) is 1.20. The van der Waals surface area contributed by atoms with Gasteiger partial charge in [-0.25, -0.2) is 0 Å². The second kappa shape index (κ2) is 4.99. The highest BCUT2D eigenvalue weighted by Crippen LogP contribution is 2.36. The lowest BCUT2D eigenvalue weighted by Crippen LogP contribution is -2.18. The molecule has 0 bridgehead atoms. The van der Waals surface area contributed by atoms with Gasteiger partial charge in [-0.15, -0.1) is 0 Å². The van der Waals surface area contributed by atoms with E-state index < -0.39 is 0 Å². The number of hydrogen-bond acceptors (Lipinski definition) is 2. The second-order valence-corrected chi connectivity index (χ2v) is 6.57. The maximum atomic E-state index is 4.56. The molecule has 0 amide bonds. The van der Waals surface area contributed by atoms with Gasteiger partial charge in [-0.1, -0.05) is 51.1 Å². The number of rotatable bonds is 2. The molecule has 0 aromatic heterocycles. The van der Waals surface area contributed by atoms with Crippen LogP contribution >= 0.6 is 0 Å². The van der Waals surface area contributed by atoms with E-state index >= 15 is 0 Å². The zero-order valence-electron chi connectivity index (χ0n) is 11.9. The molecular formula is C15H24N2. The van der Waals surface area contributed by atoms with Crippen LogP contribution in [-0.2, 0) is 0 Å². The summed E-state index contributed by atoms with van der Waals surface area (Å²) in [6.45, 7) is 12.8. The van der Waals surface area contributed by atoms with Crippen molar-refractivity contribution in [3.63, 3.8) is 0 Å². The van der Waals surface area contributed by atoms with Gasteiger partial charge in [0.15, 0.2) is 0 Å². The summed E-state index contributed by atoms with van der Waals surface area (Å²) in [6.07, 6.45) is 0. The summed E-state index contributed by atoms with van der Waals surface area (Å²) in [6, 6.07) is 10.5. The van der Waals surface area contributed by atoms with E-state index in [0.717, 1.165) is 0 Å². The minimum absolute atomic E-state index is 0.0795. The number of nitrogens with zero attached hydrogens (tertiary/aromatic N) is 2. The van der Waals surface area contributed by atoms with Crippen LogP contribution in [0.4, 0.5) is 0 Å². The Morgan fingerprint density at radius 2 is 1.41 bits per heavy atom. The first kappa shape index (κ1) is 13.9. The molecule has 94 valence electrons. The minimum atomic E-state index is -0.113. The van der Waals surface area contributed by atoms with Gasteiger partial charge in [0.05, 0.1) is 5.54 Å². The molecule has 0 aliphatic carbocycles. The fraction of sp³-hybridized carbons (Fsp3) is 0.600. The average Bonchev–Trinajstić information content (AvgIpc) is 2.15. The zero-order valence-corrected chi connectivity index (χ0v) is 11.9. The maximum absolute atomic E-state index is 4.56. The highest BCUT2D eigenvalue weighted by atomic mass is 15.2. The van der Waals surface area contributed by atoms with E-state index in [9.17, 15) is 0 Å². The second-order valence-electron chi connectivity index (χ2n) is 6.57. The van der Waals surface area contributed by atoms with Crippen molar-refractivity contribution in [3.8, 4) is 0 Å². The normalized spacial score (nSPS) is 15.2. The molecule has 0 saturated carbocycles. The largest absolute Gasteiger partial charge is 0.188 e. The van der Waals surface area contributed by atoms with Crippen molar-refractivity contribution < 1.29 is 0 Å². The van der Waals surface area contributed by atoms with E-state index in [1.807, 2.05) is 6.07 Å². The summed E-state index contributed by atoms with van der Waals surface area (Å²) in [5, 5.41) is 8.99. The monoisotopic (exact) mass is 232 g/mol. The molecule has 2 nitrogen and oxygen atoms in total. The number of benzene rings is 1. The SMILES string of the molecule is CC(C)(C)N=NC(c1ccccc1)C(C)(C)C. The average molecular weight is 232 g/mol. The van der Waals surface area contributed by atoms with Gasteiger partial charge in [-0.05, 0) is 31.7 Å². The van der Waals surface area contributed by atoms with Gasteiger partial charge < -0.3 is 0 Å². The van der Waals surface area contributed by atoms with Crippen molar-refractivity contribution in [1.29, 1.82) is 0 Å². The Bertz CT molecular complexity index is 366. The first-order chi connectivity index (χ1) is 7.70. The predicted octanol–water partition coefficient (Wildman–Crippen LogP) is 5.02. The Morgan fingerprint density at radius 3 is 1.82 bits per heavy atom. The molecule has 1 atom stereocenters. The molecule has 2 heteroatoms. The van der Waals surface area contributed by atoms with E-state index in [2.05, 4.69) is 76.0 Å². The number of hydrogen-bond donors (Lipinski definition) is 0.